The number of ether oxygens (including phenoxy) is 1. The molecule has 0 bridgehead atoms. The molecule has 1 aromatic heterocycles. The zero-order chi connectivity index (χ0) is 16.2. The van der Waals surface area contributed by atoms with Crippen molar-refractivity contribution in [1.82, 2.24) is 15.0 Å². The maximum Gasteiger partial charge on any atom is 0.339 e. The van der Waals surface area contributed by atoms with Crippen LogP contribution < -0.4 is 5.32 Å². The lowest BCUT2D eigenvalue weighted by atomic mass is 10.2. The monoisotopic (exact) mass is 310 g/mol. The van der Waals surface area contributed by atoms with Gasteiger partial charge in [-0.15, -0.1) is 5.10 Å². The number of anilines is 1. The van der Waals surface area contributed by atoms with Gasteiger partial charge in [0.1, 0.15) is 12.1 Å². The molecule has 0 radical (unpaired) electrons. The van der Waals surface area contributed by atoms with Crippen LogP contribution in [0.2, 0.25) is 0 Å². The molecule has 0 aliphatic rings. The van der Waals surface area contributed by atoms with Crippen molar-refractivity contribution in [3.8, 4) is 0 Å². The van der Waals surface area contributed by atoms with E-state index in [0.717, 1.165) is 11.0 Å². The Bertz CT molecular complexity index is 872. The third-order valence-electron chi connectivity index (χ3n) is 3.32. The minimum Gasteiger partial charge on any atom is -0.465 e. The molecule has 0 unspecified atom stereocenters. The average Bonchev–Trinajstić information content (AvgIpc) is 2.98. The van der Waals surface area contributed by atoms with Crippen LogP contribution >= 0.6 is 0 Å². The van der Waals surface area contributed by atoms with Gasteiger partial charge in [0.05, 0.1) is 23.9 Å². The van der Waals surface area contributed by atoms with E-state index in [-0.39, 0.29) is 12.5 Å². The molecule has 116 valence electrons. The quantitative estimate of drug-likeness (QED) is 0.743. The molecule has 2 aromatic carbocycles. The van der Waals surface area contributed by atoms with E-state index in [1.807, 2.05) is 24.3 Å². The summed E-state index contributed by atoms with van der Waals surface area (Å²) in [6.45, 7) is -0.00395. The fraction of sp³-hybridized carbons (Fsp3) is 0.125. The first-order chi connectivity index (χ1) is 11.2. The average molecular weight is 310 g/mol. The first-order valence-electron chi connectivity index (χ1n) is 6.94. The molecule has 0 atom stereocenters. The van der Waals surface area contributed by atoms with Gasteiger partial charge < -0.3 is 10.1 Å². The van der Waals surface area contributed by atoms with Crippen molar-refractivity contribution in [3.63, 3.8) is 0 Å². The van der Waals surface area contributed by atoms with E-state index in [9.17, 15) is 9.59 Å². The van der Waals surface area contributed by atoms with E-state index in [2.05, 4.69) is 15.6 Å². The number of fused-ring (bicyclic) bond motifs is 1. The molecule has 1 heterocycles. The van der Waals surface area contributed by atoms with Crippen molar-refractivity contribution in [2.45, 2.75) is 6.54 Å². The molecule has 0 spiro atoms. The maximum atomic E-state index is 12.2. The van der Waals surface area contributed by atoms with E-state index < -0.39 is 5.97 Å². The molecule has 1 N–H and O–H groups in total. The fourth-order valence-electron chi connectivity index (χ4n) is 2.24. The summed E-state index contributed by atoms with van der Waals surface area (Å²) < 4.78 is 6.21. The second-order valence-electron chi connectivity index (χ2n) is 4.82. The van der Waals surface area contributed by atoms with Crippen LogP contribution in [0.1, 0.15) is 10.4 Å². The van der Waals surface area contributed by atoms with Gasteiger partial charge >= 0.3 is 5.97 Å². The zero-order valence-electron chi connectivity index (χ0n) is 12.4. The summed E-state index contributed by atoms with van der Waals surface area (Å²) in [5.41, 5.74) is 2.18. The van der Waals surface area contributed by atoms with Gasteiger partial charge in [-0.2, -0.15) is 0 Å². The first kappa shape index (κ1) is 14.7. The SMILES string of the molecule is COC(=O)c1ccccc1NC(=O)Cn1nnc2ccccc21. The van der Waals surface area contributed by atoms with Gasteiger partial charge in [0.15, 0.2) is 0 Å². The highest BCUT2D eigenvalue weighted by molar-refractivity contribution is 6.01. The van der Waals surface area contributed by atoms with Gasteiger partial charge in [0.2, 0.25) is 5.91 Å². The lowest BCUT2D eigenvalue weighted by Crippen LogP contribution is -2.21. The summed E-state index contributed by atoms with van der Waals surface area (Å²) in [7, 11) is 1.29. The largest absolute Gasteiger partial charge is 0.465 e. The molecule has 7 heteroatoms. The predicted molar refractivity (Wildman–Crippen MR) is 83.9 cm³/mol. The molecule has 0 fully saturated rings. The number of esters is 1. The Labute approximate surface area is 131 Å². The van der Waals surface area contributed by atoms with E-state index >= 15 is 0 Å². The van der Waals surface area contributed by atoms with E-state index in [1.165, 1.54) is 11.8 Å². The number of para-hydroxylation sites is 2. The number of aromatic nitrogens is 3. The molecule has 0 aliphatic carbocycles. The molecular formula is C16H14N4O3. The second kappa shape index (κ2) is 6.27. The summed E-state index contributed by atoms with van der Waals surface area (Å²) in [4.78, 5) is 23.9. The van der Waals surface area contributed by atoms with Crippen molar-refractivity contribution in [2.75, 3.05) is 12.4 Å². The van der Waals surface area contributed by atoms with E-state index in [4.69, 9.17) is 4.74 Å². The normalized spacial score (nSPS) is 10.5. The number of nitrogens with zero attached hydrogens (tertiary/aromatic N) is 3. The summed E-state index contributed by atoms with van der Waals surface area (Å²) in [6, 6.07) is 14.0. The van der Waals surface area contributed by atoms with Crippen LogP contribution in [0.4, 0.5) is 5.69 Å². The summed E-state index contributed by atoms with van der Waals surface area (Å²) in [5, 5.41) is 10.7. The van der Waals surface area contributed by atoms with Crippen molar-refractivity contribution in [3.05, 3.63) is 54.1 Å². The topological polar surface area (TPSA) is 86.1 Å². The number of amides is 1. The third kappa shape index (κ3) is 3.03. The smallest absolute Gasteiger partial charge is 0.339 e. The Morgan fingerprint density at radius 3 is 2.70 bits per heavy atom. The van der Waals surface area contributed by atoms with Gasteiger partial charge in [-0.3, -0.25) is 4.79 Å². The lowest BCUT2D eigenvalue weighted by molar-refractivity contribution is -0.116. The number of benzene rings is 2. The Balaban J connectivity index is 1.79. The maximum absolute atomic E-state index is 12.2. The van der Waals surface area contributed by atoms with Crippen LogP contribution in [0.25, 0.3) is 11.0 Å². The molecule has 0 saturated heterocycles. The minimum absolute atomic E-state index is 0.00395. The number of nitrogens with one attached hydrogen (secondary N) is 1. The van der Waals surface area contributed by atoms with Gasteiger partial charge in [0.25, 0.3) is 0 Å². The second-order valence-corrected chi connectivity index (χ2v) is 4.82. The number of rotatable bonds is 4. The van der Waals surface area contributed by atoms with Gasteiger partial charge in [0, 0.05) is 0 Å². The van der Waals surface area contributed by atoms with Crippen LogP contribution in [-0.4, -0.2) is 34.0 Å². The molecule has 1 amide bonds. The molecule has 23 heavy (non-hydrogen) atoms. The highest BCUT2D eigenvalue weighted by Crippen LogP contribution is 2.16. The minimum atomic E-state index is -0.507. The summed E-state index contributed by atoms with van der Waals surface area (Å²) in [5.74, 6) is -0.816. The Morgan fingerprint density at radius 1 is 1.13 bits per heavy atom. The number of hydrogen-bond acceptors (Lipinski definition) is 5. The van der Waals surface area contributed by atoms with Crippen molar-refractivity contribution >= 4 is 28.6 Å². The molecule has 3 rings (SSSR count). The van der Waals surface area contributed by atoms with Gasteiger partial charge in [-0.1, -0.05) is 29.5 Å². The molecule has 3 aromatic rings. The van der Waals surface area contributed by atoms with Gasteiger partial charge in [-0.05, 0) is 24.3 Å². The van der Waals surface area contributed by atoms with Crippen molar-refractivity contribution < 1.29 is 14.3 Å². The van der Waals surface area contributed by atoms with Crippen LogP contribution in [0, 0.1) is 0 Å². The number of methoxy groups -OCH3 is 1. The third-order valence-corrected chi connectivity index (χ3v) is 3.32. The summed E-state index contributed by atoms with van der Waals surface area (Å²) >= 11 is 0. The van der Waals surface area contributed by atoms with E-state index in [1.54, 1.807) is 24.3 Å². The molecule has 0 saturated carbocycles. The van der Waals surface area contributed by atoms with Crippen LogP contribution in [-0.2, 0) is 16.1 Å². The molecule has 7 nitrogen and oxygen atoms in total. The summed E-state index contributed by atoms with van der Waals surface area (Å²) in [6.07, 6.45) is 0. The predicted octanol–water partition coefficient (Wildman–Crippen LogP) is 1.86. The lowest BCUT2D eigenvalue weighted by Gasteiger charge is -2.09. The number of carbonyl (C=O) groups is 2. The van der Waals surface area contributed by atoms with Crippen molar-refractivity contribution in [1.29, 1.82) is 0 Å². The fourth-order valence-corrected chi connectivity index (χ4v) is 2.24. The van der Waals surface area contributed by atoms with Crippen molar-refractivity contribution in [2.24, 2.45) is 0 Å². The standard InChI is InChI=1S/C16H14N4O3/c1-23-16(22)11-6-2-3-7-12(11)17-15(21)10-20-14-9-5-4-8-13(14)18-19-20/h2-9H,10H2,1H3,(H,17,21). The molecular weight excluding hydrogens is 296 g/mol. The Kier molecular flexibility index (Phi) is 4.01. The van der Waals surface area contributed by atoms with E-state index in [0.29, 0.717) is 11.3 Å². The number of carbonyl (C=O) groups excluding carboxylic acids is 2. The van der Waals surface area contributed by atoms with Gasteiger partial charge in [-0.25, -0.2) is 9.48 Å². The first-order valence-corrected chi connectivity index (χ1v) is 6.94. The van der Waals surface area contributed by atoms with Crippen LogP contribution in [0.15, 0.2) is 48.5 Å². The molecule has 0 aliphatic heterocycles. The number of hydrogen-bond donors (Lipinski definition) is 1. The highest BCUT2D eigenvalue weighted by Gasteiger charge is 2.14. The zero-order valence-corrected chi connectivity index (χ0v) is 12.4. The van der Waals surface area contributed by atoms with Crippen LogP contribution in [0.3, 0.4) is 0 Å². The Hall–Kier alpha value is -3.22. The van der Waals surface area contributed by atoms with Crippen LogP contribution in [0.5, 0.6) is 0 Å². The highest BCUT2D eigenvalue weighted by atomic mass is 16.5. The Morgan fingerprint density at radius 2 is 1.87 bits per heavy atom.